The van der Waals surface area contributed by atoms with Gasteiger partial charge in [-0.3, -0.25) is 0 Å². The van der Waals surface area contributed by atoms with E-state index in [9.17, 15) is 0 Å². The van der Waals surface area contributed by atoms with E-state index in [1.54, 1.807) is 0 Å². The first-order valence-corrected chi connectivity index (χ1v) is 8.49. The van der Waals surface area contributed by atoms with Crippen LogP contribution >= 0.6 is 0 Å². The van der Waals surface area contributed by atoms with Crippen LogP contribution in [-0.2, 0) is 6.42 Å². The number of benzene rings is 2. The smallest absolute Gasteiger partial charge is 0.148 e. The topological polar surface area (TPSA) is 37.8 Å². The quantitative estimate of drug-likeness (QED) is 0.739. The number of hydrogen-bond donors (Lipinski definition) is 1. The van der Waals surface area contributed by atoms with Crippen LogP contribution in [0.5, 0.6) is 0 Å². The molecular formula is C21H21N3. The lowest BCUT2D eigenvalue weighted by atomic mass is 10.0. The third-order valence-corrected chi connectivity index (χ3v) is 4.47. The number of hydrogen-bond acceptors (Lipinski definition) is 3. The Hall–Kier alpha value is -2.68. The highest BCUT2D eigenvalue weighted by Gasteiger charge is 2.18. The van der Waals surface area contributed by atoms with Crippen molar-refractivity contribution in [3.8, 4) is 22.5 Å². The molecule has 2 aromatic carbocycles. The molecule has 1 aliphatic heterocycles. The molecule has 1 N–H and O–H groups in total. The zero-order chi connectivity index (χ0) is 16.5. The zero-order valence-corrected chi connectivity index (χ0v) is 14.1. The van der Waals surface area contributed by atoms with Gasteiger partial charge in [0.05, 0.1) is 17.1 Å². The van der Waals surface area contributed by atoms with Crippen LogP contribution in [-0.4, -0.2) is 16.5 Å². The minimum absolute atomic E-state index is 0.939. The molecule has 4 rings (SSSR count). The van der Waals surface area contributed by atoms with Gasteiger partial charge >= 0.3 is 0 Å². The molecule has 0 spiro atoms. The fourth-order valence-electron chi connectivity index (χ4n) is 3.15. The molecule has 0 radical (unpaired) electrons. The second-order valence-corrected chi connectivity index (χ2v) is 6.48. The second kappa shape index (κ2) is 6.08. The molecule has 1 aromatic heterocycles. The van der Waals surface area contributed by atoms with Gasteiger partial charge in [-0.15, -0.1) is 0 Å². The van der Waals surface area contributed by atoms with E-state index in [1.165, 1.54) is 11.1 Å². The number of aromatic nitrogens is 2. The molecule has 0 unspecified atom stereocenters. The molecule has 3 aromatic rings. The zero-order valence-electron chi connectivity index (χ0n) is 14.1. The molecule has 2 heterocycles. The maximum absolute atomic E-state index is 4.99. The van der Waals surface area contributed by atoms with Crippen LogP contribution in [0.25, 0.3) is 22.5 Å². The van der Waals surface area contributed by atoms with Crippen molar-refractivity contribution in [2.24, 2.45) is 0 Å². The fraction of sp³-hybridized carbons (Fsp3) is 0.238. The van der Waals surface area contributed by atoms with Gasteiger partial charge in [-0.1, -0.05) is 53.6 Å². The highest BCUT2D eigenvalue weighted by molar-refractivity contribution is 5.79. The lowest BCUT2D eigenvalue weighted by molar-refractivity contribution is 0.790. The van der Waals surface area contributed by atoms with E-state index in [-0.39, 0.29) is 0 Å². The largest absolute Gasteiger partial charge is 0.369 e. The molecule has 0 atom stereocenters. The summed E-state index contributed by atoms with van der Waals surface area (Å²) in [4.78, 5) is 9.94. The van der Waals surface area contributed by atoms with Crippen molar-refractivity contribution >= 4 is 5.82 Å². The minimum atomic E-state index is 0.939. The Kier molecular flexibility index (Phi) is 3.77. The van der Waals surface area contributed by atoms with Crippen molar-refractivity contribution in [3.63, 3.8) is 0 Å². The summed E-state index contributed by atoms with van der Waals surface area (Å²) >= 11 is 0. The highest BCUT2D eigenvalue weighted by atomic mass is 15.0. The van der Waals surface area contributed by atoms with Gasteiger partial charge in [-0.05, 0) is 32.8 Å². The summed E-state index contributed by atoms with van der Waals surface area (Å²) in [5, 5.41) is 3.40. The number of rotatable bonds is 2. The Labute approximate surface area is 142 Å². The Bertz CT molecular complexity index is 882. The van der Waals surface area contributed by atoms with Crippen molar-refractivity contribution < 1.29 is 0 Å². The van der Waals surface area contributed by atoms with Crippen LogP contribution in [0.4, 0.5) is 5.82 Å². The number of aryl methyl sites for hydroxylation is 3. The first-order chi connectivity index (χ1) is 11.7. The van der Waals surface area contributed by atoms with Crippen molar-refractivity contribution in [2.45, 2.75) is 26.7 Å². The van der Waals surface area contributed by atoms with Crippen molar-refractivity contribution in [1.29, 1.82) is 0 Å². The maximum atomic E-state index is 4.99. The van der Waals surface area contributed by atoms with Crippen molar-refractivity contribution in [3.05, 3.63) is 65.4 Å². The summed E-state index contributed by atoms with van der Waals surface area (Å²) in [6.45, 7) is 5.19. The van der Waals surface area contributed by atoms with E-state index in [1.807, 2.05) is 0 Å². The average molecular weight is 315 g/mol. The minimum Gasteiger partial charge on any atom is -0.369 e. The Balaban J connectivity index is 1.94. The van der Waals surface area contributed by atoms with Gasteiger partial charge in [0.2, 0.25) is 0 Å². The SMILES string of the molecule is Cc1ccc(-c2nc3c(nc2-c2cccc(C)c2)NCCC3)cc1. The van der Waals surface area contributed by atoms with Gasteiger partial charge in [-0.25, -0.2) is 9.97 Å². The van der Waals surface area contributed by atoms with Crippen molar-refractivity contribution in [2.75, 3.05) is 11.9 Å². The summed E-state index contributed by atoms with van der Waals surface area (Å²) < 4.78 is 0. The molecule has 0 saturated heterocycles. The van der Waals surface area contributed by atoms with Crippen LogP contribution < -0.4 is 5.32 Å². The summed E-state index contributed by atoms with van der Waals surface area (Å²) in [6.07, 6.45) is 2.10. The first-order valence-electron chi connectivity index (χ1n) is 8.49. The van der Waals surface area contributed by atoms with Crippen molar-refractivity contribution in [1.82, 2.24) is 9.97 Å². The lowest BCUT2D eigenvalue weighted by Gasteiger charge is -2.19. The standard InChI is InChI=1S/C21H21N3/c1-14-8-10-16(11-9-14)19-20(17-6-3-5-15(2)13-17)24-21-18(23-19)7-4-12-22-21/h3,5-6,8-11,13H,4,7,12H2,1-2H3,(H,22,24). The van der Waals surface area contributed by atoms with Gasteiger partial charge in [-0.2, -0.15) is 0 Å². The van der Waals surface area contributed by atoms with Crippen LogP contribution in [0.2, 0.25) is 0 Å². The second-order valence-electron chi connectivity index (χ2n) is 6.48. The maximum Gasteiger partial charge on any atom is 0.148 e. The molecule has 0 saturated carbocycles. The number of anilines is 1. The molecule has 3 heteroatoms. The van der Waals surface area contributed by atoms with Crippen LogP contribution in [0.15, 0.2) is 48.5 Å². The Morgan fingerprint density at radius 3 is 2.42 bits per heavy atom. The predicted molar refractivity (Wildman–Crippen MR) is 99.2 cm³/mol. The predicted octanol–water partition coefficient (Wildman–Crippen LogP) is 4.79. The molecule has 0 bridgehead atoms. The highest BCUT2D eigenvalue weighted by Crippen LogP contribution is 2.33. The van der Waals surface area contributed by atoms with E-state index in [4.69, 9.17) is 9.97 Å². The van der Waals surface area contributed by atoms with E-state index in [0.29, 0.717) is 0 Å². The normalized spacial score (nSPS) is 13.2. The molecule has 1 aliphatic rings. The molecule has 24 heavy (non-hydrogen) atoms. The number of nitrogens with one attached hydrogen (secondary N) is 1. The Morgan fingerprint density at radius 2 is 1.62 bits per heavy atom. The van der Waals surface area contributed by atoms with E-state index < -0.39 is 0 Å². The molecule has 0 aliphatic carbocycles. The van der Waals surface area contributed by atoms with E-state index >= 15 is 0 Å². The molecular weight excluding hydrogens is 294 g/mol. The van der Waals surface area contributed by atoms with Crippen LogP contribution in [0, 0.1) is 13.8 Å². The van der Waals surface area contributed by atoms with Gasteiger partial charge < -0.3 is 5.32 Å². The summed E-state index contributed by atoms with van der Waals surface area (Å²) in [5.74, 6) is 0.939. The summed E-state index contributed by atoms with van der Waals surface area (Å²) in [5.41, 5.74) is 7.73. The van der Waals surface area contributed by atoms with Crippen LogP contribution in [0.1, 0.15) is 23.2 Å². The molecule has 120 valence electrons. The molecule has 0 fully saturated rings. The number of nitrogens with zero attached hydrogens (tertiary/aromatic N) is 2. The molecule has 0 amide bonds. The molecule has 3 nitrogen and oxygen atoms in total. The van der Waals surface area contributed by atoms with Gasteiger partial charge in [0.25, 0.3) is 0 Å². The number of fused-ring (bicyclic) bond motifs is 1. The first kappa shape index (κ1) is 14.9. The summed E-state index contributed by atoms with van der Waals surface area (Å²) in [6, 6.07) is 17.0. The van der Waals surface area contributed by atoms with Gasteiger partial charge in [0, 0.05) is 17.7 Å². The average Bonchev–Trinajstić information content (AvgIpc) is 2.61. The van der Waals surface area contributed by atoms with Gasteiger partial charge in [0.15, 0.2) is 0 Å². The van der Waals surface area contributed by atoms with Crippen LogP contribution in [0.3, 0.4) is 0 Å². The Morgan fingerprint density at radius 1 is 0.833 bits per heavy atom. The monoisotopic (exact) mass is 315 g/mol. The lowest BCUT2D eigenvalue weighted by Crippen LogP contribution is -2.16. The summed E-state index contributed by atoms with van der Waals surface area (Å²) in [7, 11) is 0. The third kappa shape index (κ3) is 2.78. The fourth-order valence-corrected chi connectivity index (χ4v) is 3.15. The van der Waals surface area contributed by atoms with Gasteiger partial charge in [0.1, 0.15) is 5.82 Å². The van der Waals surface area contributed by atoms with E-state index in [0.717, 1.165) is 53.4 Å². The third-order valence-electron chi connectivity index (χ3n) is 4.47. The van der Waals surface area contributed by atoms with E-state index in [2.05, 4.69) is 67.7 Å².